The van der Waals surface area contributed by atoms with Crippen molar-refractivity contribution in [3.05, 3.63) is 0 Å². The van der Waals surface area contributed by atoms with Crippen LogP contribution in [0.4, 0.5) is 8.78 Å². The van der Waals surface area contributed by atoms with Crippen molar-refractivity contribution in [1.82, 2.24) is 0 Å². The standard InChI is InChI=1S/C3H5ClF2O2S/c4-9(7,8)3(6)1-2-5/h3H,1-2H2. The van der Waals surface area contributed by atoms with Gasteiger partial charge in [-0.1, -0.05) is 0 Å². The van der Waals surface area contributed by atoms with Gasteiger partial charge in [-0.2, -0.15) is 0 Å². The highest BCUT2D eigenvalue weighted by Crippen LogP contribution is 2.11. The number of hydrogen-bond acceptors (Lipinski definition) is 2. The van der Waals surface area contributed by atoms with E-state index in [1.807, 2.05) is 0 Å². The Kier molecular flexibility index (Phi) is 3.35. The van der Waals surface area contributed by atoms with Crippen molar-refractivity contribution in [2.75, 3.05) is 6.67 Å². The molecule has 2 nitrogen and oxygen atoms in total. The van der Waals surface area contributed by atoms with Gasteiger partial charge < -0.3 is 0 Å². The molecule has 1 atom stereocenters. The molecule has 0 aromatic heterocycles. The summed E-state index contributed by atoms with van der Waals surface area (Å²) in [5, 5.41) is 0. The maximum absolute atomic E-state index is 12.0. The summed E-state index contributed by atoms with van der Waals surface area (Å²) in [7, 11) is 0.294. The molecule has 0 aromatic carbocycles. The topological polar surface area (TPSA) is 34.1 Å². The highest BCUT2D eigenvalue weighted by Gasteiger charge is 2.20. The van der Waals surface area contributed by atoms with Crippen LogP contribution in [0.2, 0.25) is 0 Å². The van der Waals surface area contributed by atoms with Crippen molar-refractivity contribution in [2.24, 2.45) is 0 Å². The number of hydrogen-bond donors (Lipinski definition) is 0. The molecular weight excluding hydrogens is 174 g/mol. The van der Waals surface area contributed by atoms with E-state index < -0.39 is 27.6 Å². The van der Waals surface area contributed by atoms with E-state index in [0.717, 1.165) is 0 Å². The third-order valence-corrected chi connectivity index (χ3v) is 2.07. The van der Waals surface area contributed by atoms with E-state index in [9.17, 15) is 17.2 Å². The van der Waals surface area contributed by atoms with Crippen LogP contribution in [0, 0.1) is 0 Å². The second-order valence-corrected chi connectivity index (χ2v) is 4.12. The Morgan fingerprint density at radius 3 is 2.11 bits per heavy atom. The molecule has 0 rings (SSSR count). The predicted molar refractivity (Wildman–Crippen MR) is 30.3 cm³/mol. The van der Waals surface area contributed by atoms with Gasteiger partial charge >= 0.3 is 0 Å². The fourth-order valence-corrected chi connectivity index (χ4v) is 0.864. The molecule has 9 heavy (non-hydrogen) atoms. The lowest BCUT2D eigenvalue weighted by Gasteiger charge is -1.97. The van der Waals surface area contributed by atoms with Crippen LogP contribution < -0.4 is 0 Å². The zero-order valence-corrected chi connectivity index (χ0v) is 5.92. The molecule has 1 unspecified atom stereocenters. The predicted octanol–water partition coefficient (Wildman–Crippen LogP) is 1.21. The van der Waals surface area contributed by atoms with Gasteiger partial charge in [0, 0.05) is 17.1 Å². The third kappa shape index (κ3) is 3.64. The molecule has 0 heterocycles. The Hall–Kier alpha value is 0.1000. The number of rotatable bonds is 3. The van der Waals surface area contributed by atoms with Crippen LogP contribution in [0.1, 0.15) is 6.42 Å². The summed E-state index contributed by atoms with van der Waals surface area (Å²) >= 11 is 0. The molecule has 6 heteroatoms. The van der Waals surface area contributed by atoms with Gasteiger partial charge in [-0.3, -0.25) is 4.39 Å². The number of halogens is 3. The average Bonchev–Trinajstić information content (AvgIpc) is 1.64. The van der Waals surface area contributed by atoms with Gasteiger partial charge in [0.25, 0.3) is 9.05 Å². The second-order valence-electron chi connectivity index (χ2n) is 1.36. The average molecular weight is 179 g/mol. The van der Waals surface area contributed by atoms with Crippen LogP contribution in [0.15, 0.2) is 0 Å². The van der Waals surface area contributed by atoms with Crippen molar-refractivity contribution in [3.63, 3.8) is 0 Å². The minimum atomic E-state index is -4.20. The van der Waals surface area contributed by atoms with Crippen LogP contribution in [-0.4, -0.2) is 20.6 Å². The SMILES string of the molecule is O=S(=O)(Cl)C(F)CCF. The molecule has 0 saturated carbocycles. The first kappa shape index (κ1) is 9.10. The Bertz CT molecular complexity index is 167. The Balaban J connectivity index is 3.90. The normalized spacial score (nSPS) is 15.4. The Morgan fingerprint density at radius 1 is 1.56 bits per heavy atom. The molecule has 0 N–H and O–H groups in total. The summed E-state index contributed by atoms with van der Waals surface area (Å²) in [5.74, 6) is 0. The first-order valence-corrected chi connectivity index (χ1v) is 4.49. The maximum atomic E-state index is 12.0. The van der Waals surface area contributed by atoms with Crippen molar-refractivity contribution in [3.8, 4) is 0 Å². The van der Waals surface area contributed by atoms with Gasteiger partial charge in [0.2, 0.25) is 5.50 Å². The van der Waals surface area contributed by atoms with Gasteiger partial charge in [0.15, 0.2) is 0 Å². The van der Waals surface area contributed by atoms with Crippen LogP contribution >= 0.6 is 10.7 Å². The molecule has 0 bridgehead atoms. The smallest absolute Gasteiger partial charge is 0.251 e. The minimum absolute atomic E-state index is 0.689. The lowest BCUT2D eigenvalue weighted by atomic mass is 10.5. The van der Waals surface area contributed by atoms with E-state index in [1.54, 1.807) is 0 Å². The van der Waals surface area contributed by atoms with E-state index in [-0.39, 0.29) is 0 Å². The molecule has 0 spiro atoms. The lowest BCUT2D eigenvalue weighted by molar-refractivity contribution is 0.356. The van der Waals surface area contributed by atoms with Gasteiger partial charge in [-0.05, 0) is 0 Å². The minimum Gasteiger partial charge on any atom is -0.251 e. The van der Waals surface area contributed by atoms with Gasteiger partial charge in [-0.15, -0.1) is 0 Å². The van der Waals surface area contributed by atoms with Gasteiger partial charge in [0.1, 0.15) is 0 Å². The first-order valence-electron chi connectivity index (χ1n) is 2.12. The van der Waals surface area contributed by atoms with E-state index in [4.69, 9.17) is 0 Å². The fourth-order valence-electron chi connectivity index (χ4n) is 0.227. The summed E-state index contributed by atoms with van der Waals surface area (Å²) in [5.41, 5.74) is -2.27. The van der Waals surface area contributed by atoms with Crippen molar-refractivity contribution in [1.29, 1.82) is 0 Å². The molecule has 0 aliphatic carbocycles. The van der Waals surface area contributed by atoms with Gasteiger partial charge in [0.05, 0.1) is 6.67 Å². The van der Waals surface area contributed by atoms with Crippen molar-refractivity contribution >= 4 is 19.7 Å². The van der Waals surface area contributed by atoms with E-state index >= 15 is 0 Å². The summed E-state index contributed by atoms with van der Waals surface area (Å²) in [6, 6.07) is 0. The summed E-state index contributed by atoms with van der Waals surface area (Å²) in [4.78, 5) is 0. The summed E-state index contributed by atoms with van der Waals surface area (Å²) in [6.07, 6.45) is -0.689. The molecule has 0 aliphatic heterocycles. The molecule has 0 aromatic rings. The number of alkyl halides is 2. The van der Waals surface area contributed by atoms with Crippen LogP contribution in [-0.2, 0) is 9.05 Å². The van der Waals surface area contributed by atoms with E-state index in [2.05, 4.69) is 10.7 Å². The summed E-state index contributed by atoms with van der Waals surface area (Å²) in [6.45, 7) is -1.02. The van der Waals surface area contributed by atoms with Gasteiger partial charge in [-0.25, -0.2) is 12.8 Å². The van der Waals surface area contributed by atoms with Crippen molar-refractivity contribution in [2.45, 2.75) is 11.9 Å². The van der Waals surface area contributed by atoms with Crippen LogP contribution in [0.3, 0.4) is 0 Å². The van der Waals surface area contributed by atoms with Crippen LogP contribution in [0.5, 0.6) is 0 Å². The fraction of sp³-hybridized carbons (Fsp3) is 1.00. The zero-order valence-electron chi connectivity index (χ0n) is 4.35. The summed E-state index contributed by atoms with van der Waals surface area (Å²) < 4.78 is 43.1. The molecular formula is C3H5ClF2O2S. The zero-order chi connectivity index (χ0) is 7.49. The largest absolute Gasteiger partial charge is 0.264 e. The third-order valence-electron chi connectivity index (χ3n) is 0.642. The van der Waals surface area contributed by atoms with Crippen molar-refractivity contribution < 1.29 is 17.2 Å². The quantitative estimate of drug-likeness (QED) is 0.609. The molecule has 56 valence electrons. The highest BCUT2D eigenvalue weighted by molar-refractivity contribution is 8.14. The molecule has 0 amide bonds. The monoisotopic (exact) mass is 178 g/mol. The van der Waals surface area contributed by atoms with E-state index in [0.29, 0.717) is 0 Å². The Morgan fingerprint density at radius 2 is 2.00 bits per heavy atom. The van der Waals surface area contributed by atoms with E-state index in [1.165, 1.54) is 0 Å². The molecule has 0 fully saturated rings. The highest BCUT2D eigenvalue weighted by atomic mass is 35.7. The van der Waals surface area contributed by atoms with Crippen LogP contribution in [0.25, 0.3) is 0 Å². The first-order chi connectivity index (χ1) is 3.98. The Labute approximate surface area is 56.2 Å². The molecule has 0 radical (unpaired) electrons. The lowest BCUT2D eigenvalue weighted by Crippen LogP contribution is -2.09. The molecule has 0 aliphatic rings. The second kappa shape index (κ2) is 3.31. The maximum Gasteiger partial charge on any atom is 0.264 e. The molecule has 0 saturated heterocycles.